The smallest absolute Gasteiger partial charge is 0.410 e. The van der Waals surface area contributed by atoms with Gasteiger partial charge in [-0.15, -0.1) is 0 Å². The second kappa shape index (κ2) is 6.46. The van der Waals surface area contributed by atoms with E-state index in [1.165, 1.54) is 0 Å². The van der Waals surface area contributed by atoms with E-state index < -0.39 is 11.0 Å². The maximum absolute atomic E-state index is 12.1. The molecule has 5 heteroatoms. The van der Waals surface area contributed by atoms with E-state index in [-0.39, 0.29) is 12.1 Å². The average molecular weight is 285 g/mol. The normalized spacial score (nSPS) is 23.9. The first-order chi connectivity index (χ1) is 9.18. The summed E-state index contributed by atoms with van der Waals surface area (Å²) >= 11 is 0. The van der Waals surface area contributed by atoms with E-state index in [0.717, 1.165) is 12.8 Å². The van der Waals surface area contributed by atoms with Gasteiger partial charge in [0.2, 0.25) is 0 Å². The van der Waals surface area contributed by atoms with Gasteiger partial charge >= 0.3 is 12.1 Å². The van der Waals surface area contributed by atoms with Gasteiger partial charge in [0.15, 0.2) is 0 Å². The molecule has 1 heterocycles. The molecule has 5 nitrogen and oxygen atoms in total. The number of carbonyl (C=O) groups is 2. The van der Waals surface area contributed by atoms with Crippen LogP contribution in [0.2, 0.25) is 0 Å². The highest BCUT2D eigenvalue weighted by molar-refractivity contribution is 5.76. The number of hydrogen-bond acceptors (Lipinski definition) is 4. The van der Waals surface area contributed by atoms with Crippen LogP contribution in [-0.4, -0.2) is 42.3 Å². The second-order valence-corrected chi connectivity index (χ2v) is 6.60. The van der Waals surface area contributed by atoms with E-state index >= 15 is 0 Å². The highest BCUT2D eigenvalue weighted by Gasteiger charge is 2.37. The van der Waals surface area contributed by atoms with Gasteiger partial charge in [-0.2, -0.15) is 0 Å². The number of carbonyl (C=O) groups excluding carboxylic acids is 2. The van der Waals surface area contributed by atoms with Crippen molar-refractivity contribution < 1.29 is 19.1 Å². The van der Waals surface area contributed by atoms with Gasteiger partial charge in [-0.3, -0.25) is 4.79 Å². The molecular formula is C15H27NO4. The Morgan fingerprint density at radius 1 is 1.20 bits per heavy atom. The number of amides is 1. The molecule has 1 unspecified atom stereocenters. The number of ether oxygens (including phenoxy) is 2. The van der Waals surface area contributed by atoms with Crippen LogP contribution in [0.15, 0.2) is 0 Å². The van der Waals surface area contributed by atoms with Crippen molar-refractivity contribution in [2.45, 2.75) is 59.5 Å². The first-order valence-corrected chi connectivity index (χ1v) is 7.33. The lowest BCUT2D eigenvalue weighted by Crippen LogP contribution is -2.38. The number of rotatable bonds is 2. The Bertz CT molecular complexity index is 361. The van der Waals surface area contributed by atoms with E-state index in [9.17, 15) is 9.59 Å². The molecule has 0 radical (unpaired) electrons. The standard InChI is InChI=1S/C15H27NO4/c1-6-19-12(17)15(5)8-7-10-16(11-9-15)13(18)20-14(2,3)4/h6-11H2,1-5H3. The number of esters is 1. The van der Waals surface area contributed by atoms with E-state index in [1.807, 2.05) is 34.6 Å². The Morgan fingerprint density at radius 3 is 2.40 bits per heavy atom. The van der Waals surface area contributed by atoms with Gasteiger partial charge in [-0.1, -0.05) is 0 Å². The predicted molar refractivity (Wildman–Crippen MR) is 76.4 cm³/mol. The van der Waals surface area contributed by atoms with E-state index in [2.05, 4.69) is 0 Å². The lowest BCUT2D eigenvalue weighted by atomic mass is 9.83. The van der Waals surface area contributed by atoms with Crippen molar-refractivity contribution in [2.75, 3.05) is 19.7 Å². The summed E-state index contributed by atoms with van der Waals surface area (Å²) < 4.78 is 10.5. The van der Waals surface area contributed by atoms with Crippen molar-refractivity contribution >= 4 is 12.1 Å². The van der Waals surface area contributed by atoms with Crippen molar-refractivity contribution in [3.63, 3.8) is 0 Å². The van der Waals surface area contributed by atoms with Crippen LogP contribution < -0.4 is 0 Å². The van der Waals surface area contributed by atoms with Crippen molar-refractivity contribution in [3.05, 3.63) is 0 Å². The summed E-state index contributed by atoms with van der Waals surface area (Å²) in [5.74, 6) is -0.161. The molecule has 0 bridgehead atoms. The second-order valence-electron chi connectivity index (χ2n) is 6.60. The number of nitrogens with zero attached hydrogens (tertiary/aromatic N) is 1. The Hall–Kier alpha value is -1.26. The van der Waals surface area contributed by atoms with E-state index in [4.69, 9.17) is 9.47 Å². The third-order valence-corrected chi connectivity index (χ3v) is 3.51. The quantitative estimate of drug-likeness (QED) is 0.732. The molecule has 1 aliphatic rings. The zero-order chi connectivity index (χ0) is 15.4. The lowest BCUT2D eigenvalue weighted by molar-refractivity contribution is -0.155. The first-order valence-electron chi connectivity index (χ1n) is 7.33. The maximum Gasteiger partial charge on any atom is 0.410 e. The molecule has 1 rings (SSSR count). The SMILES string of the molecule is CCOC(=O)C1(C)CCCN(C(=O)OC(C)(C)C)CC1. The summed E-state index contributed by atoms with van der Waals surface area (Å²) in [6.07, 6.45) is 1.84. The van der Waals surface area contributed by atoms with Crippen LogP contribution in [0.3, 0.4) is 0 Å². The number of likely N-dealkylation sites (tertiary alicyclic amines) is 1. The van der Waals surface area contributed by atoms with Crippen LogP contribution in [0.1, 0.15) is 53.9 Å². The molecule has 0 spiro atoms. The fourth-order valence-electron chi connectivity index (χ4n) is 2.30. The minimum absolute atomic E-state index is 0.161. The van der Waals surface area contributed by atoms with Crippen molar-refractivity contribution in [1.29, 1.82) is 0 Å². The molecule has 1 fully saturated rings. The fourth-order valence-corrected chi connectivity index (χ4v) is 2.30. The zero-order valence-corrected chi connectivity index (χ0v) is 13.3. The molecule has 0 aliphatic carbocycles. The third kappa shape index (κ3) is 4.69. The zero-order valence-electron chi connectivity index (χ0n) is 13.3. The summed E-state index contributed by atoms with van der Waals surface area (Å²) in [5.41, 5.74) is -0.986. The van der Waals surface area contributed by atoms with Gasteiger partial charge in [-0.05, 0) is 53.9 Å². The molecule has 1 saturated heterocycles. The van der Waals surface area contributed by atoms with Crippen LogP contribution in [-0.2, 0) is 14.3 Å². The average Bonchev–Trinajstić information content (AvgIpc) is 2.50. The Morgan fingerprint density at radius 2 is 1.85 bits per heavy atom. The molecule has 20 heavy (non-hydrogen) atoms. The van der Waals surface area contributed by atoms with Gasteiger partial charge in [0.25, 0.3) is 0 Å². The summed E-state index contributed by atoms with van der Waals surface area (Å²) in [4.78, 5) is 25.8. The van der Waals surface area contributed by atoms with Crippen molar-refractivity contribution in [3.8, 4) is 0 Å². The van der Waals surface area contributed by atoms with Crippen LogP contribution in [0.4, 0.5) is 4.79 Å². The van der Waals surface area contributed by atoms with Gasteiger partial charge < -0.3 is 14.4 Å². The highest BCUT2D eigenvalue weighted by atomic mass is 16.6. The molecule has 1 atom stereocenters. The lowest BCUT2D eigenvalue weighted by Gasteiger charge is -2.27. The predicted octanol–water partition coefficient (Wildman–Crippen LogP) is 2.98. The van der Waals surface area contributed by atoms with E-state index in [0.29, 0.717) is 26.1 Å². The largest absolute Gasteiger partial charge is 0.466 e. The van der Waals surface area contributed by atoms with Gasteiger partial charge in [0, 0.05) is 13.1 Å². The summed E-state index contributed by atoms with van der Waals surface area (Å²) in [5, 5.41) is 0. The molecule has 0 aromatic rings. The molecule has 0 N–H and O–H groups in total. The van der Waals surface area contributed by atoms with E-state index in [1.54, 1.807) is 4.90 Å². The topological polar surface area (TPSA) is 55.8 Å². The maximum atomic E-state index is 12.1. The minimum Gasteiger partial charge on any atom is -0.466 e. The van der Waals surface area contributed by atoms with Crippen LogP contribution >= 0.6 is 0 Å². The minimum atomic E-state index is -0.493. The molecule has 0 aromatic carbocycles. The summed E-state index contributed by atoms with van der Waals surface area (Å²) in [6, 6.07) is 0. The monoisotopic (exact) mass is 285 g/mol. The van der Waals surface area contributed by atoms with Gasteiger partial charge in [0.1, 0.15) is 5.60 Å². The fraction of sp³-hybridized carbons (Fsp3) is 0.867. The molecule has 0 aromatic heterocycles. The Kier molecular flexibility index (Phi) is 5.42. The molecule has 0 saturated carbocycles. The molecule has 116 valence electrons. The molecular weight excluding hydrogens is 258 g/mol. The highest BCUT2D eigenvalue weighted by Crippen LogP contribution is 2.32. The third-order valence-electron chi connectivity index (χ3n) is 3.51. The van der Waals surface area contributed by atoms with Crippen LogP contribution in [0.5, 0.6) is 0 Å². The molecule has 1 amide bonds. The van der Waals surface area contributed by atoms with Crippen molar-refractivity contribution in [1.82, 2.24) is 4.90 Å². The summed E-state index contributed by atoms with van der Waals surface area (Å²) in [7, 11) is 0. The van der Waals surface area contributed by atoms with Gasteiger partial charge in [0.05, 0.1) is 12.0 Å². The number of hydrogen-bond donors (Lipinski definition) is 0. The van der Waals surface area contributed by atoms with Crippen LogP contribution in [0.25, 0.3) is 0 Å². The Labute approximate surface area is 121 Å². The van der Waals surface area contributed by atoms with Gasteiger partial charge in [-0.25, -0.2) is 4.79 Å². The Balaban J connectivity index is 2.63. The summed E-state index contributed by atoms with van der Waals surface area (Å²) in [6.45, 7) is 10.8. The molecule has 1 aliphatic heterocycles. The first kappa shape index (κ1) is 16.8. The van der Waals surface area contributed by atoms with Crippen molar-refractivity contribution in [2.24, 2.45) is 5.41 Å². The van der Waals surface area contributed by atoms with Crippen LogP contribution in [0, 0.1) is 5.41 Å².